The van der Waals surface area contributed by atoms with E-state index in [0.29, 0.717) is 11.7 Å². The van der Waals surface area contributed by atoms with Crippen molar-refractivity contribution in [2.75, 3.05) is 6.61 Å². The van der Waals surface area contributed by atoms with E-state index in [0.717, 1.165) is 12.8 Å². The highest BCUT2D eigenvalue weighted by atomic mass is 16.5. The van der Waals surface area contributed by atoms with Gasteiger partial charge < -0.3 is 14.9 Å². The van der Waals surface area contributed by atoms with Gasteiger partial charge in [0.25, 0.3) is 0 Å². The Morgan fingerprint density at radius 2 is 2.00 bits per heavy atom. The molecule has 1 saturated heterocycles. The van der Waals surface area contributed by atoms with E-state index in [4.69, 9.17) is 14.9 Å². The molecule has 0 aromatic heterocycles. The fourth-order valence-corrected chi connectivity index (χ4v) is 1.60. The van der Waals surface area contributed by atoms with Crippen LogP contribution >= 0.6 is 0 Å². The molecular weight excluding hydrogens is 220 g/mol. The quantitative estimate of drug-likeness (QED) is 0.826. The predicted octanol–water partition coefficient (Wildman–Crippen LogP) is 1.93. The van der Waals surface area contributed by atoms with E-state index in [1.54, 1.807) is 30.3 Å². The van der Waals surface area contributed by atoms with Crippen molar-refractivity contribution in [3.63, 3.8) is 0 Å². The molecule has 0 aliphatic carbocycles. The highest BCUT2D eigenvalue weighted by Crippen LogP contribution is 2.17. The van der Waals surface area contributed by atoms with Crippen LogP contribution in [0, 0.1) is 0 Å². The Labute approximate surface area is 101 Å². The molecule has 2 N–H and O–H groups in total. The summed E-state index contributed by atoms with van der Waals surface area (Å²) in [7, 11) is 0. The molecule has 1 aliphatic rings. The second kappa shape index (κ2) is 7.04. The van der Waals surface area contributed by atoms with Crippen LogP contribution in [0.3, 0.4) is 0 Å². The first-order valence-corrected chi connectivity index (χ1v) is 5.68. The zero-order valence-electron chi connectivity index (χ0n) is 9.87. The van der Waals surface area contributed by atoms with Gasteiger partial charge in [0, 0.05) is 0 Å². The molecule has 1 aliphatic heterocycles. The van der Waals surface area contributed by atoms with Crippen molar-refractivity contribution in [2.24, 2.45) is 0 Å². The van der Waals surface area contributed by atoms with Crippen molar-refractivity contribution >= 4 is 5.97 Å². The Bertz CT molecular complexity index is 337. The minimum absolute atomic E-state index is 0.130. The first-order valence-electron chi connectivity index (χ1n) is 5.68. The smallest absolute Gasteiger partial charge is 0.335 e. The van der Waals surface area contributed by atoms with Gasteiger partial charge in [-0.25, -0.2) is 4.79 Å². The van der Waals surface area contributed by atoms with E-state index in [2.05, 4.69) is 0 Å². The van der Waals surface area contributed by atoms with E-state index in [9.17, 15) is 4.79 Å². The van der Waals surface area contributed by atoms with Crippen molar-refractivity contribution in [1.82, 2.24) is 0 Å². The van der Waals surface area contributed by atoms with Crippen molar-refractivity contribution in [3.8, 4) is 0 Å². The average Bonchev–Trinajstić information content (AvgIpc) is 2.77. The molecule has 1 aromatic rings. The monoisotopic (exact) mass is 238 g/mol. The highest BCUT2D eigenvalue weighted by molar-refractivity contribution is 5.87. The second-order valence-electron chi connectivity index (χ2n) is 4.00. The number of aromatic carboxylic acids is 1. The van der Waals surface area contributed by atoms with Crippen LogP contribution in [0.2, 0.25) is 0 Å². The van der Waals surface area contributed by atoms with Crippen LogP contribution < -0.4 is 0 Å². The normalized spacial score (nSPS) is 22.7. The van der Waals surface area contributed by atoms with E-state index >= 15 is 0 Å². The fraction of sp³-hybridized carbons (Fsp3) is 0.462. The van der Waals surface area contributed by atoms with E-state index in [1.807, 2.05) is 6.92 Å². The number of hydrogen-bond donors (Lipinski definition) is 2. The van der Waals surface area contributed by atoms with Crippen molar-refractivity contribution < 1.29 is 19.7 Å². The van der Waals surface area contributed by atoms with Gasteiger partial charge in [-0.05, 0) is 31.9 Å². The minimum Gasteiger partial charge on any atom is -0.478 e. The lowest BCUT2D eigenvalue weighted by Crippen LogP contribution is -2.11. The maximum atomic E-state index is 10.2. The Kier molecular flexibility index (Phi) is 5.66. The number of aliphatic hydroxyl groups excluding tert-OH is 1. The third kappa shape index (κ3) is 4.97. The Hall–Kier alpha value is -1.39. The molecular formula is C13H18O4. The summed E-state index contributed by atoms with van der Waals surface area (Å²) >= 11 is 0. The van der Waals surface area contributed by atoms with Crippen molar-refractivity contribution in [3.05, 3.63) is 35.9 Å². The molecule has 0 radical (unpaired) electrons. The molecule has 4 nitrogen and oxygen atoms in total. The van der Waals surface area contributed by atoms with Crippen LogP contribution in [0.1, 0.15) is 30.1 Å². The van der Waals surface area contributed by atoms with Crippen LogP contribution in [-0.2, 0) is 4.74 Å². The number of carboxylic acid groups (broad SMARTS) is 1. The summed E-state index contributed by atoms with van der Waals surface area (Å²) in [6.45, 7) is 2.22. The number of benzene rings is 1. The van der Waals surface area contributed by atoms with E-state index < -0.39 is 5.97 Å². The molecule has 1 fully saturated rings. The summed E-state index contributed by atoms with van der Waals surface area (Å²) in [5, 5.41) is 16.9. The maximum Gasteiger partial charge on any atom is 0.335 e. The molecule has 2 atom stereocenters. The lowest BCUT2D eigenvalue weighted by molar-refractivity contribution is 0.0198. The predicted molar refractivity (Wildman–Crippen MR) is 64.1 cm³/mol. The van der Waals surface area contributed by atoms with Crippen LogP contribution in [0.4, 0.5) is 0 Å². The van der Waals surface area contributed by atoms with Crippen LogP contribution in [0.25, 0.3) is 0 Å². The maximum absolute atomic E-state index is 10.2. The van der Waals surface area contributed by atoms with Crippen LogP contribution in [-0.4, -0.2) is 35.0 Å². The topological polar surface area (TPSA) is 66.8 Å². The molecule has 0 saturated carbocycles. The lowest BCUT2D eigenvalue weighted by atomic mass is 10.2. The molecule has 0 amide bonds. The zero-order chi connectivity index (χ0) is 12.7. The first-order chi connectivity index (χ1) is 8.13. The van der Waals surface area contributed by atoms with Gasteiger partial charge in [0.05, 0.1) is 24.4 Å². The third-order valence-electron chi connectivity index (χ3n) is 2.54. The molecule has 4 heteroatoms. The number of carboxylic acids is 1. The van der Waals surface area contributed by atoms with Gasteiger partial charge in [0.15, 0.2) is 0 Å². The van der Waals surface area contributed by atoms with Crippen LogP contribution in [0.5, 0.6) is 0 Å². The number of carbonyl (C=O) groups is 1. The third-order valence-corrected chi connectivity index (χ3v) is 2.54. The molecule has 1 aromatic carbocycles. The number of hydrogen-bond acceptors (Lipinski definition) is 3. The minimum atomic E-state index is -0.879. The summed E-state index contributed by atoms with van der Waals surface area (Å²) in [6, 6.07) is 8.30. The molecule has 0 spiro atoms. The van der Waals surface area contributed by atoms with Gasteiger partial charge in [0.2, 0.25) is 0 Å². The average molecular weight is 238 g/mol. The number of rotatable bonds is 2. The SMILES string of the molecule is C[C@@H]1CC[C@H](CO)O1.O=C(O)c1ccccc1. The van der Waals surface area contributed by atoms with Gasteiger partial charge in [0.1, 0.15) is 0 Å². The highest BCUT2D eigenvalue weighted by Gasteiger charge is 2.19. The van der Waals surface area contributed by atoms with Gasteiger partial charge in [-0.1, -0.05) is 18.2 Å². The second-order valence-corrected chi connectivity index (χ2v) is 4.00. The van der Waals surface area contributed by atoms with Gasteiger partial charge >= 0.3 is 5.97 Å². The number of ether oxygens (including phenoxy) is 1. The molecule has 0 bridgehead atoms. The van der Waals surface area contributed by atoms with Gasteiger partial charge in [-0.15, -0.1) is 0 Å². The summed E-state index contributed by atoms with van der Waals surface area (Å²) in [4.78, 5) is 10.2. The van der Waals surface area contributed by atoms with Crippen molar-refractivity contribution in [2.45, 2.75) is 32.0 Å². The van der Waals surface area contributed by atoms with Crippen molar-refractivity contribution in [1.29, 1.82) is 0 Å². The molecule has 17 heavy (non-hydrogen) atoms. The molecule has 0 unspecified atom stereocenters. The standard InChI is InChI=1S/C7H6O2.C6H12O2/c8-7(9)6-4-2-1-3-5-6;1-5-2-3-6(4-7)8-5/h1-5H,(H,8,9);5-7H,2-4H2,1H3/t;5-,6-/m.1/s1. The largest absolute Gasteiger partial charge is 0.478 e. The molecule has 2 rings (SSSR count). The zero-order valence-corrected chi connectivity index (χ0v) is 9.87. The summed E-state index contributed by atoms with van der Waals surface area (Å²) in [6.07, 6.45) is 2.63. The Morgan fingerprint density at radius 3 is 2.29 bits per heavy atom. The Balaban J connectivity index is 0.000000171. The van der Waals surface area contributed by atoms with Gasteiger partial charge in [-0.3, -0.25) is 0 Å². The Morgan fingerprint density at radius 1 is 1.35 bits per heavy atom. The van der Waals surface area contributed by atoms with Gasteiger partial charge in [-0.2, -0.15) is 0 Å². The number of aliphatic hydroxyl groups is 1. The summed E-state index contributed by atoms with van der Waals surface area (Å²) in [5.41, 5.74) is 0.331. The fourth-order valence-electron chi connectivity index (χ4n) is 1.60. The first kappa shape index (κ1) is 13.7. The molecule has 94 valence electrons. The van der Waals surface area contributed by atoms with Crippen LogP contribution in [0.15, 0.2) is 30.3 Å². The van der Waals surface area contributed by atoms with E-state index in [1.165, 1.54) is 0 Å². The summed E-state index contributed by atoms with van der Waals surface area (Å²) in [5.74, 6) is -0.879. The lowest BCUT2D eigenvalue weighted by Gasteiger charge is -2.05. The molecule has 1 heterocycles. The summed E-state index contributed by atoms with van der Waals surface area (Å²) < 4.78 is 5.26. The van der Waals surface area contributed by atoms with E-state index in [-0.39, 0.29) is 12.7 Å².